The molecule has 1 aliphatic carbocycles. The van der Waals surface area contributed by atoms with Crippen LogP contribution in [0.3, 0.4) is 0 Å². The minimum absolute atomic E-state index is 0.0178. The summed E-state index contributed by atoms with van der Waals surface area (Å²) < 4.78 is 0. The number of rotatable bonds is 6. The number of fused-ring (bicyclic) bond motifs is 1. The number of hydrogen-bond acceptors (Lipinski definition) is 5. The van der Waals surface area contributed by atoms with Crippen LogP contribution >= 0.6 is 0 Å². The van der Waals surface area contributed by atoms with Crippen LogP contribution in [0.2, 0.25) is 0 Å². The lowest BCUT2D eigenvalue weighted by Gasteiger charge is -2.38. The van der Waals surface area contributed by atoms with Crippen LogP contribution in [0.15, 0.2) is 0 Å². The monoisotopic (exact) mass is 474 g/mol. The van der Waals surface area contributed by atoms with Crippen LogP contribution < -0.4 is 16.0 Å². The first-order valence-corrected chi connectivity index (χ1v) is 12.0. The first kappa shape index (κ1) is 25.8. The van der Waals surface area contributed by atoms with Gasteiger partial charge in [0.25, 0.3) is 0 Å². The van der Waals surface area contributed by atoms with Gasteiger partial charge in [0, 0.05) is 33.1 Å². The van der Waals surface area contributed by atoms with E-state index in [1.807, 2.05) is 20.8 Å². The molecule has 2 saturated heterocycles. The first-order chi connectivity index (χ1) is 15.7. The maximum Gasteiger partial charge on any atom is 0.317 e. The Morgan fingerprint density at radius 2 is 1.91 bits per heavy atom. The van der Waals surface area contributed by atoms with Crippen molar-refractivity contribution in [2.45, 2.75) is 65.6 Å². The SMILES string of the molecule is CN(C)C(=O)NC(C(=O)N1C[C@H]2[C@@H]([C@H]1C(=O)NC(C#N)C[C@@H]1CCNC1=O)C2(C)C)C(C)(C)C. The van der Waals surface area contributed by atoms with E-state index in [4.69, 9.17) is 0 Å². The Hall–Kier alpha value is -2.83. The summed E-state index contributed by atoms with van der Waals surface area (Å²) in [5, 5.41) is 18.0. The van der Waals surface area contributed by atoms with Gasteiger partial charge in [-0.1, -0.05) is 34.6 Å². The van der Waals surface area contributed by atoms with Crippen LogP contribution in [0.5, 0.6) is 0 Å². The summed E-state index contributed by atoms with van der Waals surface area (Å²) in [6, 6.07) is -0.619. The zero-order valence-electron chi connectivity index (χ0n) is 21.3. The van der Waals surface area contributed by atoms with E-state index in [-0.39, 0.29) is 53.3 Å². The molecule has 188 valence electrons. The quantitative estimate of drug-likeness (QED) is 0.521. The molecule has 2 unspecified atom stereocenters. The lowest BCUT2D eigenvalue weighted by Crippen LogP contribution is -2.60. The van der Waals surface area contributed by atoms with E-state index in [1.54, 1.807) is 19.0 Å². The van der Waals surface area contributed by atoms with Crippen molar-refractivity contribution < 1.29 is 19.2 Å². The molecule has 3 fully saturated rings. The third-order valence-electron chi connectivity index (χ3n) is 7.70. The molecule has 1 saturated carbocycles. The van der Waals surface area contributed by atoms with Crippen molar-refractivity contribution in [1.29, 1.82) is 5.26 Å². The highest BCUT2D eigenvalue weighted by atomic mass is 16.2. The predicted molar refractivity (Wildman–Crippen MR) is 125 cm³/mol. The molecule has 0 radical (unpaired) electrons. The van der Waals surface area contributed by atoms with Gasteiger partial charge in [0.1, 0.15) is 18.1 Å². The Morgan fingerprint density at radius 1 is 1.26 bits per heavy atom. The first-order valence-electron chi connectivity index (χ1n) is 12.0. The average Bonchev–Trinajstić information content (AvgIpc) is 3.10. The molecule has 3 aliphatic rings. The number of piperidine rings is 1. The van der Waals surface area contributed by atoms with Crippen molar-refractivity contribution in [1.82, 2.24) is 25.8 Å². The minimum atomic E-state index is -0.814. The highest BCUT2D eigenvalue weighted by Crippen LogP contribution is 2.65. The van der Waals surface area contributed by atoms with Gasteiger partial charge in [-0.15, -0.1) is 0 Å². The molecule has 5 amide bonds. The molecule has 0 bridgehead atoms. The summed E-state index contributed by atoms with van der Waals surface area (Å²) in [4.78, 5) is 54.4. The Balaban J connectivity index is 1.79. The van der Waals surface area contributed by atoms with E-state index < -0.39 is 23.5 Å². The molecule has 2 aliphatic heterocycles. The van der Waals surface area contributed by atoms with E-state index in [9.17, 15) is 24.4 Å². The normalized spacial score (nSPS) is 28.8. The van der Waals surface area contributed by atoms with Gasteiger partial charge in [-0.2, -0.15) is 5.26 Å². The summed E-state index contributed by atoms with van der Waals surface area (Å²) in [6.07, 6.45) is 0.882. The standard InChI is InChI=1S/C24H38N6O4/c1-23(2,3)18(28-22(34)29(6)7)21(33)30-12-15-16(24(15,4)5)17(30)20(32)27-14(11-25)10-13-8-9-26-19(13)31/h13-18H,8-10,12H2,1-7H3,(H,26,31)(H,27,32)(H,28,34)/t13-,14?,15-,16-,17-,18?/m0/s1. The molecule has 0 aromatic carbocycles. The molecule has 10 nitrogen and oxygen atoms in total. The van der Waals surface area contributed by atoms with Crippen molar-refractivity contribution in [3.63, 3.8) is 0 Å². The van der Waals surface area contributed by atoms with Gasteiger partial charge in [0.15, 0.2) is 0 Å². The van der Waals surface area contributed by atoms with Crippen molar-refractivity contribution in [3.05, 3.63) is 0 Å². The van der Waals surface area contributed by atoms with Gasteiger partial charge in [-0.3, -0.25) is 14.4 Å². The molecule has 2 heterocycles. The fourth-order valence-electron chi connectivity index (χ4n) is 5.44. The smallest absolute Gasteiger partial charge is 0.317 e. The van der Waals surface area contributed by atoms with Crippen molar-refractivity contribution in [2.75, 3.05) is 27.2 Å². The zero-order valence-corrected chi connectivity index (χ0v) is 21.3. The summed E-state index contributed by atoms with van der Waals surface area (Å²) in [6.45, 7) is 10.8. The summed E-state index contributed by atoms with van der Waals surface area (Å²) >= 11 is 0. The molecule has 0 aromatic heterocycles. The van der Waals surface area contributed by atoms with E-state index in [0.717, 1.165) is 0 Å². The number of nitrogens with zero attached hydrogens (tertiary/aromatic N) is 3. The van der Waals surface area contributed by atoms with E-state index in [1.165, 1.54) is 4.90 Å². The highest BCUT2D eigenvalue weighted by molar-refractivity contribution is 5.94. The van der Waals surface area contributed by atoms with Crippen molar-refractivity contribution >= 4 is 23.8 Å². The topological polar surface area (TPSA) is 135 Å². The number of hydrogen-bond donors (Lipinski definition) is 3. The maximum atomic E-state index is 13.7. The van der Waals surface area contributed by atoms with E-state index >= 15 is 0 Å². The second-order valence-electron chi connectivity index (χ2n) is 11.7. The number of likely N-dealkylation sites (tertiary alicyclic amines) is 1. The molecular formula is C24H38N6O4. The Kier molecular flexibility index (Phi) is 6.89. The average molecular weight is 475 g/mol. The van der Waals surface area contributed by atoms with Crippen molar-refractivity contribution in [2.24, 2.45) is 28.6 Å². The molecule has 3 rings (SSSR count). The van der Waals surface area contributed by atoms with Gasteiger partial charge < -0.3 is 25.8 Å². The number of carbonyl (C=O) groups is 4. The molecule has 0 spiro atoms. The highest BCUT2D eigenvalue weighted by Gasteiger charge is 2.69. The van der Waals surface area contributed by atoms with Gasteiger partial charge >= 0.3 is 6.03 Å². The summed E-state index contributed by atoms with van der Waals surface area (Å²) in [7, 11) is 3.21. The fourth-order valence-corrected chi connectivity index (χ4v) is 5.44. The van der Waals surface area contributed by atoms with Crippen LogP contribution in [-0.2, 0) is 14.4 Å². The second kappa shape index (κ2) is 9.08. The van der Waals surface area contributed by atoms with Gasteiger partial charge in [-0.05, 0) is 35.5 Å². The minimum Gasteiger partial charge on any atom is -0.356 e. The van der Waals surface area contributed by atoms with Crippen LogP contribution in [0, 0.1) is 39.9 Å². The Morgan fingerprint density at radius 3 is 2.41 bits per heavy atom. The molecule has 6 atom stereocenters. The number of nitriles is 1. The molecule has 0 aromatic rings. The molecular weight excluding hydrogens is 436 g/mol. The van der Waals surface area contributed by atoms with E-state index in [2.05, 4.69) is 35.9 Å². The van der Waals surface area contributed by atoms with Crippen LogP contribution in [0.25, 0.3) is 0 Å². The molecule has 3 N–H and O–H groups in total. The van der Waals surface area contributed by atoms with Crippen LogP contribution in [0.4, 0.5) is 4.79 Å². The summed E-state index contributed by atoms with van der Waals surface area (Å²) in [5.74, 6) is -0.908. The lowest BCUT2D eigenvalue weighted by molar-refractivity contribution is -0.143. The molecule has 10 heteroatoms. The van der Waals surface area contributed by atoms with Gasteiger partial charge in [0.2, 0.25) is 17.7 Å². The molecule has 34 heavy (non-hydrogen) atoms. The van der Waals surface area contributed by atoms with Crippen LogP contribution in [-0.4, -0.2) is 78.9 Å². The Bertz CT molecular complexity index is 902. The van der Waals surface area contributed by atoms with Crippen LogP contribution in [0.1, 0.15) is 47.5 Å². The largest absolute Gasteiger partial charge is 0.356 e. The number of amides is 5. The van der Waals surface area contributed by atoms with Gasteiger partial charge in [-0.25, -0.2) is 4.79 Å². The zero-order chi connectivity index (χ0) is 25.6. The number of nitrogens with one attached hydrogen (secondary N) is 3. The maximum absolute atomic E-state index is 13.7. The van der Waals surface area contributed by atoms with E-state index in [0.29, 0.717) is 19.5 Å². The number of urea groups is 1. The lowest BCUT2D eigenvalue weighted by atomic mass is 9.85. The Labute approximate surface area is 201 Å². The summed E-state index contributed by atoms with van der Waals surface area (Å²) in [5.41, 5.74) is -0.659. The van der Waals surface area contributed by atoms with Gasteiger partial charge in [0.05, 0.1) is 6.07 Å². The third kappa shape index (κ3) is 4.84. The fraction of sp³-hybridized carbons (Fsp3) is 0.792. The number of carbonyl (C=O) groups excluding carboxylic acids is 4. The predicted octanol–water partition coefficient (Wildman–Crippen LogP) is 0.690. The van der Waals surface area contributed by atoms with Crippen molar-refractivity contribution in [3.8, 4) is 6.07 Å². The second-order valence-corrected chi connectivity index (χ2v) is 11.7. The third-order valence-corrected chi connectivity index (χ3v) is 7.70.